The van der Waals surface area contributed by atoms with E-state index in [0.717, 1.165) is 30.2 Å². The molecule has 1 aromatic carbocycles. The second-order valence-electron chi connectivity index (χ2n) is 7.48. The average molecular weight is 439 g/mol. The van der Waals surface area contributed by atoms with Gasteiger partial charge in [0.15, 0.2) is 9.84 Å². The number of amides is 1. The topological polar surface area (TPSA) is 57.7 Å². The fourth-order valence-corrected chi connectivity index (χ4v) is 6.82. The predicted octanol–water partition coefficient (Wildman–Crippen LogP) is 3.15. The molecule has 0 spiro atoms. The molecule has 0 aliphatic carbocycles. The van der Waals surface area contributed by atoms with Gasteiger partial charge in [-0.25, -0.2) is 8.42 Å². The van der Waals surface area contributed by atoms with Gasteiger partial charge in [0.2, 0.25) is 5.91 Å². The Balaban J connectivity index is 1.31. The molecule has 2 saturated heterocycles. The third-order valence-corrected chi connectivity index (χ3v) is 8.54. The van der Waals surface area contributed by atoms with Gasteiger partial charge in [0.25, 0.3) is 0 Å². The largest absolute Gasteiger partial charge is 0.340 e. The third-order valence-electron chi connectivity index (χ3n) is 5.42. The lowest BCUT2D eigenvalue weighted by Gasteiger charge is -2.35. The summed E-state index contributed by atoms with van der Waals surface area (Å²) in [5, 5.41) is 0.739. The second-order valence-corrected chi connectivity index (χ2v) is 11.3. The molecule has 150 valence electrons. The van der Waals surface area contributed by atoms with Crippen LogP contribution in [0.15, 0.2) is 36.4 Å². The van der Waals surface area contributed by atoms with Gasteiger partial charge in [-0.05, 0) is 36.2 Å². The van der Waals surface area contributed by atoms with Crippen molar-refractivity contribution in [1.82, 2.24) is 9.80 Å². The molecule has 2 aliphatic rings. The van der Waals surface area contributed by atoms with Crippen molar-refractivity contribution in [3.8, 4) is 10.4 Å². The summed E-state index contributed by atoms with van der Waals surface area (Å²) in [5.74, 6) is -0.154. The molecule has 0 bridgehead atoms. The van der Waals surface area contributed by atoms with E-state index in [0.29, 0.717) is 19.5 Å². The smallest absolute Gasteiger partial charge is 0.226 e. The molecular weight excluding hydrogens is 416 g/mol. The van der Waals surface area contributed by atoms with Gasteiger partial charge in [0.1, 0.15) is 0 Å². The van der Waals surface area contributed by atoms with Gasteiger partial charge in [-0.3, -0.25) is 9.69 Å². The van der Waals surface area contributed by atoms with E-state index in [-0.39, 0.29) is 23.3 Å². The first kappa shape index (κ1) is 19.9. The highest BCUT2D eigenvalue weighted by molar-refractivity contribution is 7.91. The number of hydrogen-bond donors (Lipinski definition) is 0. The van der Waals surface area contributed by atoms with Crippen LogP contribution in [0.3, 0.4) is 0 Å². The molecule has 1 atom stereocenters. The molecule has 4 rings (SSSR count). The van der Waals surface area contributed by atoms with Gasteiger partial charge in [0, 0.05) is 47.5 Å². The second kappa shape index (κ2) is 8.14. The number of halogens is 1. The Morgan fingerprint density at radius 1 is 1.14 bits per heavy atom. The van der Waals surface area contributed by atoms with Gasteiger partial charge < -0.3 is 4.90 Å². The Hall–Kier alpha value is -1.41. The first-order valence-corrected chi connectivity index (χ1v) is 12.5. The molecule has 2 fully saturated rings. The molecule has 1 aromatic heterocycles. The Bertz CT molecular complexity index is 965. The van der Waals surface area contributed by atoms with Crippen LogP contribution in [0.4, 0.5) is 0 Å². The Morgan fingerprint density at radius 3 is 2.61 bits per heavy atom. The molecule has 2 aliphatic heterocycles. The highest BCUT2D eigenvalue weighted by Crippen LogP contribution is 2.30. The van der Waals surface area contributed by atoms with Gasteiger partial charge in [-0.15, -0.1) is 11.3 Å². The van der Waals surface area contributed by atoms with Crippen molar-refractivity contribution in [3.05, 3.63) is 46.3 Å². The van der Waals surface area contributed by atoms with Crippen LogP contribution in [0, 0.1) is 5.92 Å². The standard InChI is InChI=1S/C20H23ClN2O3S2/c21-17-3-1-2-15(12-17)19-5-4-18(27-19)13-22-7-9-23(10-8-22)20(24)16-6-11-28(25,26)14-16/h1-5,12,16H,6-11,13-14H2/t16-/m0/s1. The van der Waals surface area contributed by atoms with Crippen LogP contribution in [-0.4, -0.2) is 61.8 Å². The average Bonchev–Trinajstić information content (AvgIpc) is 3.28. The lowest BCUT2D eigenvalue weighted by Crippen LogP contribution is -2.50. The summed E-state index contributed by atoms with van der Waals surface area (Å²) in [7, 11) is -3.02. The number of carbonyl (C=O) groups is 1. The molecule has 0 unspecified atom stereocenters. The van der Waals surface area contributed by atoms with Crippen LogP contribution in [-0.2, 0) is 21.2 Å². The fraction of sp³-hybridized carbons (Fsp3) is 0.450. The van der Waals surface area contributed by atoms with Crippen LogP contribution in [0.2, 0.25) is 5.02 Å². The minimum Gasteiger partial charge on any atom is -0.340 e. The van der Waals surface area contributed by atoms with Crippen molar-refractivity contribution in [2.24, 2.45) is 5.92 Å². The first-order chi connectivity index (χ1) is 13.4. The van der Waals surface area contributed by atoms with E-state index in [1.54, 1.807) is 11.3 Å². The van der Waals surface area contributed by atoms with Gasteiger partial charge in [0.05, 0.1) is 17.4 Å². The normalized spacial score (nSPS) is 22.5. The zero-order chi connectivity index (χ0) is 19.7. The monoisotopic (exact) mass is 438 g/mol. The molecule has 1 amide bonds. The Labute approximate surface area is 174 Å². The van der Waals surface area contributed by atoms with Crippen molar-refractivity contribution in [1.29, 1.82) is 0 Å². The summed E-state index contributed by atoms with van der Waals surface area (Å²) in [6.45, 7) is 3.83. The summed E-state index contributed by atoms with van der Waals surface area (Å²) in [4.78, 5) is 19.3. The third kappa shape index (κ3) is 4.59. The lowest BCUT2D eigenvalue weighted by molar-refractivity contribution is -0.136. The van der Waals surface area contributed by atoms with E-state index in [9.17, 15) is 13.2 Å². The minimum absolute atomic E-state index is 0.0140. The maximum atomic E-state index is 12.6. The molecule has 0 radical (unpaired) electrons. The maximum absolute atomic E-state index is 12.6. The van der Waals surface area contributed by atoms with Crippen molar-refractivity contribution in [3.63, 3.8) is 0 Å². The number of hydrogen-bond acceptors (Lipinski definition) is 5. The van der Waals surface area contributed by atoms with Crippen molar-refractivity contribution >= 4 is 38.7 Å². The Morgan fingerprint density at radius 2 is 1.93 bits per heavy atom. The summed E-state index contributed by atoms with van der Waals surface area (Å²) >= 11 is 7.86. The highest BCUT2D eigenvalue weighted by Gasteiger charge is 2.36. The molecule has 3 heterocycles. The van der Waals surface area contributed by atoms with Gasteiger partial charge >= 0.3 is 0 Å². The molecular formula is C20H23ClN2O3S2. The first-order valence-electron chi connectivity index (χ1n) is 9.46. The van der Waals surface area contributed by atoms with Crippen LogP contribution >= 0.6 is 22.9 Å². The number of benzene rings is 1. The van der Waals surface area contributed by atoms with Crippen LogP contribution < -0.4 is 0 Å². The summed E-state index contributed by atoms with van der Waals surface area (Å²) < 4.78 is 23.2. The SMILES string of the molecule is O=C([C@H]1CCS(=O)(=O)C1)N1CCN(Cc2ccc(-c3cccc(Cl)c3)s2)CC1. The van der Waals surface area contributed by atoms with Crippen LogP contribution in [0.25, 0.3) is 10.4 Å². The van der Waals surface area contributed by atoms with Crippen molar-refractivity contribution < 1.29 is 13.2 Å². The molecule has 8 heteroatoms. The van der Waals surface area contributed by atoms with E-state index in [4.69, 9.17) is 11.6 Å². The van der Waals surface area contributed by atoms with Crippen molar-refractivity contribution in [2.75, 3.05) is 37.7 Å². The Kier molecular flexibility index (Phi) is 5.78. The van der Waals surface area contributed by atoms with E-state index in [1.807, 2.05) is 23.1 Å². The zero-order valence-electron chi connectivity index (χ0n) is 15.5. The molecule has 28 heavy (non-hydrogen) atoms. The molecule has 2 aromatic rings. The highest BCUT2D eigenvalue weighted by atomic mass is 35.5. The van der Waals surface area contributed by atoms with Crippen LogP contribution in [0.5, 0.6) is 0 Å². The van der Waals surface area contributed by atoms with Gasteiger partial charge in [-0.2, -0.15) is 0 Å². The van der Waals surface area contributed by atoms with E-state index < -0.39 is 9.84 Å². The number of sulfone groups is 1. The van der Waals surface area contributed by atoms with Crippen LogP contribution in [0.1, 0.15) is 11.3 Å². The van der Waals surface area contributed by atoms with E-state index >= 15 is 0 Å². The molecule has 0 N–H and O–H groups in total. The number of carbonyl (C=O) groups excluding carboxylic acids is 1. The summed E-state index contributed by atoms with van der Waals surface area (Å²) in [5.41, 5.74) is 1.13. The zero-order valence-corrected chi connectivity index (χ0v) is 17.9. The number of nitrogens with zero attached hydrogens (tertiary/aromatic N) is 2. The molecule has 5 nitrogen and oxygen atoms in total. The van der Waals surface area contributed by atoms with E-state index in [2.05, 4.69) is 23.1 Å². The predicted molar refractivity (Wildman–Crippen MR) is 113 cm³/mol. The summed E-state index contributed by atoms with van der Waals surface area (Å²) in [6, 6.07) is 12.2. The number of rotatable bonds is 4. The number of piperazine rings is 1. The number of thiophene rings is 1. The lowest BCUT2D eigenvalue weighted by atomic mass is 10.1. The van der Waals surface area contributed by atoms with Gasteiger partial charge in [-0.1, -0.05) is 23.7 Å². The van der Waals surface area contributed by atoms with Crippen molar-refractivity contribution in [2.45, 2.75) is 13.0 Å². The maximum Gasteiger partial charge on any atom is 0.226 e. The summed E-state index contributed by atoms with van der Waals surface area (Å²) in [6.07, 6.45) is 0.475. The minimum atomic E-state index is -3.02. The van der Waals surface area contributed by atoms with E-state index in [1.165, 1.54) is 9.75 Å². The molecule has 0 saturated carbocycles. The fourth-order valence-electron chi connectivity index (χ4n) is 3.85. The quantitative estimate of drug-likeness (QED) is 0.735.